The lowest BCUT2D eigenvalue weighted by atomic mass is 10.4. The smallest absolute Gasteiger partial charge is 0.316 e. The molecule has 12 heavy (non-hydrogen) atoms. The van der Waals surface area contributed by atoms with E-state index in [1.807, 2.05) is 0 Å². The fourth-order valence-corrected chi connectivity index (χ4v) is 0.0577. The van der Waals surface area contributed by atoms with Crippen molar-refractivity contribution in [3.63, 3.8) is 0 Å². The van der Waals surface area contributed by atoms with Crippen molar-refractivity contribution in [1.29, 1.82) is 0 Å². The molecule has 0 saturated heterocycles. The number of carboxylic acid groups (broad SMARTS) is 1. The van der Waals surface area contributed by atoms with Gasteiger partial charge < -0.3 is 20.4 Å². The molecule has 0 aromatic carbocycles. The van der Waals surface area contributed by atoms with Crippen LogP contribution in [0.3, 0.4) is 0 Å². The maximum Gasteiger partial charge on any atom is 0.316 e. The molecule has 0 saturated carbocycles. The van der Waals surface area contributed by atoms with Gasteiger partial charge in [0, 0.05) is 0 Å². The molecule has 0 rings (SSSR count). The monoisotopic (exact) mass is 198 g/mol. The highest BCUT2D eigenvalue weighted by Crippen LogP contribution is 1.88. The van der Waals surface area contributed by atoms with Gasteiger partial charge >= 0.3 is 5.97 Å². The second-order valence-electron chi connectivity index (χ2n) is 2.03. The summed E-state index contributed by atoms with van der Waals surface area (Å²) in [6, 6.07) is 0. The highest BCUT2D eigenvalue weighted by Gasteiger charge is 2.00. The summed E-state index contributed by atoms with van der Waals surface area (Å²) in [7, 11) is 0. The summed E-state index contributed by atoms with van der Waals surface area (Å²) < 4.78 is 0. The summed E-state index contributed by atoms with van der Waals surface area (Å²) in [6.07, 6.45) is -0.954. The molecule has 0 aliphatic carbocycles. The van der Waals surface area contributed by atoms with Crippen molar-refractivity contribution in [3.05, 3.63) is 0 Å². The van der Waals surface area contributed by atoms with Crippen LogP contribution in [-0.4, -0.2) is 51.0 Å². The average Bonchev–Trinajstić information content (AvgIpc) is 2.04. The number of aliphatic hydroxyl groups is 3. The first-order valence-electron chi connectivity index (χ1n) is 3.26. The van der Waals surface area contributed by atoms with Crippen LogP contribution in [0.2, 0.25) is 0 Å². The number of hydrogen-bond donors (Lipinski definition) is 5. The zero-order chi connectivity index (χ0) is 10.1. The molecule has 74 valence electrons. The van der Waals surface area contributed by atoms with Gasteiger partial charge in [0.05, 0.1) is 18.5 Å². The minimum Gasteiger partial charge on any atom is -0.480 e. The van der Waals surface area contributed by atoms with Crippen LogP contribution in [0.15, 0.2) is 0 Å². The van der Waals surface area contributed by atoms with E-state index in [0.29, 0.717) is 0 Å². The minimum absolute atomic E-state index is 0.365. The number of carbonyl (C=O) groups is 1. The first-order chi connectivity index (χ1) is 5.45. The van der Waals surface area contributed by atoms with Crippen LogP contribution in [0.25, 0.3) is 0 Å². The van der Waals surface area contributed by atoms with Gasteiger partial charge in [0.1, 0.15) is 6.10 Å². The molecule has 0 bridgehead atoms. The van der Waals surface area contributed by atoms with E-state index in [1.165, 1.54) is 6.92 Å². The fourth-order valence-electron chi connectivity index (χ4n) is 0.0577. The first kappa shape index (κ1) is 14.2. The van der Waals surface area contributed by atoms with Gasteiger partial charge in [-0.05, 0) is 6.92 Å². The highest BCUT2D eigenvalue weighted by atomic mass is 32.1. The van der Waals surface area contributed by atoms with Crippen LogP contribution in [0.5, 0.6) is 0 Å². The largest absolute Gasteiger partial charge is 0.480 e. The molecule has 0 aromatic rings. The van der Waals surface area contributed by atoms with Crippen LogP contribution in [0, 0.1) is 0 Å². The molecule has 5 nitrogen and oxygen atoms in total. The molecule has 4 N–H and O–H groups in total. The molecule has 0 aliphatic rings. The van der Waals surface area contributed by atoms with E-state index in [-0.39, 0.29) is 13.2 Å². The molecule has 1 unspecified atom stereocenters. The van der Waals surface area contributed by atoms with Crippen molar-refractivity contribution in [2.75, 3.05) is 13.2 Å². The van der Waals surface area contributed by atoms with Crippen molar-refractivity contribution in [3.8, 4) is 0 Å². The van der Waals surface area contributed by atoms with Crippen molar-refractivity contribution in [2.24, 2.45) is 0 Å². The van der Waals surface area contributed by atoms with Crippen molar-refractivity contribution in [1.82, 2.24) is 0 Å². The molecule has 0 radical (unpaired) electrons. The lowest BCUT2D eigenvalue weighted by Crippen LogP contribution is -2.15. The van der Waals surface area contributed by atoms with E-state index in [2.05, 4.69) is 12.6 Å². The predicted molar refractivity (Wildman–Crippen MR) is 46.3 cm³/mol. The normalized spacial score (nSPS) is 11.8. The Kier molecular flexibility index (Phi) is 10.4. The van der Waals surface area contributed by atoms with E-state index < -0.39 is 17.3 Å². The zero-order valence-electron chi connectivity index (χ0n) is 6.71. The van der Waals surface area contributed by atoms with Gasteiger partial charge in [-0.15, -0.1) is 0 Å². The highest BCUT2D eigenvalue weighted by molar-refractivity contribution is 7.81. The predicted octanol–water partition coefficient (Wildman–Crippen LogP) is -1.28. The number of thiol groups is 1. The Morgan fingerprint density at radius 2 is 1.67 bits per heavy atom. The third-order valence-electron chi connectivity index (χ3n) is 0.779. The summed E-state index contributed by atoms with van der Waals surface area (Å²) in [5.41, 5.74) is 0. The van der Waals surface area contributed by atoms with Crippen molar-refractivity contribution in [2.45, 2.75) is 18.3 Å². The summed E-state index contributed by atoms with van der Waals surface area (Å²) in [6.45, 7) is 0.776. The standard InChI is InChI=1S/C3H8O3.C3H6O2S/c4-1-3(6)2-5;1-2(6)3(4)5/h3-6H,1-2H2;2,6H,1H3,(H,4,5). The van der Waals surface area contributed by atoms with Crippen LogP contribution in [-0.2, 0) is 4.79 Å². The van der Waals surface area contributed by atoms with Crippen LogP contribution in [0.4, 0.5) is 0 Å². The number of carboxylic acids is 1. The molecule has 0 heterocycles. The maximum absolute atomic E-state index is 9.62. The third-order valence-corrected chi connectivity index (χ3v) is 1.000. The van der Waals surface area contributed by atoms with Gasteiger partial charge in [-0.25, -0.2) is 0 Å². The molecule has 0 spiro atoms. The maximum atomic E-state index is 9.62. The lowest BCUT2D eigenvalue weighted by Gasteiger charge is -1.96. The van der Waals surface area contributed by atoms with Crippen LogP contribution >= 0.6 is 12.6 Å². The van der Waals surface area contributed by atoms with Gasteiger partial charge in [-0.1, -0.05) is 0 Å². The Morgan fingerprint density at radius 1 is 1.42 bits per heavy atom. The average molecular weight is 198 g/mol. The molecule has 0 aliphatic heterocycles. The van der Waals surface area contributed by atoms with Gasteiger partial charge in [0.25, 0.3) is 0 Å². The fraction of sp³-hybridized carbons (Fsp3) is 0.833. The van der Waals surface area contributed by atoms with Crippen molar-refractivity contribution < 1.29 is 25.2 Å². The SMILES string of the molecule is CC(S)C(=O)O.OCC(O)CO. The third kappa shape index (κ3) is 12.4. The molecule has 0 amide bonds. The van der Waals surface area contributed by atoms with Gasteiger partial charge in [-0.2, -0.15) is 12.6 Å². The van der Waals surface area contributed by atoms with Gasteiger partial charge in [-0.3, -0.25) is 4.79 Å². The Bertz CT molecular complexity index is 113. The molecule has 0 fully saturated rings. The molecule has 6 heteroatoms. The van der Waals surface area contributed by atoms with Crippen LogP contribution < -0.4 is 0 Å². The molecular weight excluding hydrogens is 184 g/mol. The van der Waals surface area contributed by atoms with Crippen molar-refractivity contribution >= 4 is 18.6 Å². The second kappa shape index (κ2) is 8.79. The summed E-state index contributed by atoms with van der Waals surface area (Å²) >= 11 is 3.59. The summed E-state index contributed by atoms with van der Waals surface area (Å²) in [4.78, 5) is 9.62. The quantitative estimate of drug-likeness (QED) is 0.364. The Morgan fingerprint density at radius 3 is 1.67 bits per heavy atom. The van der Waals surface area contributed by atoms with E-state index in [0.717, 1.165) is 0 Å². The zero-order valence-corrected chi connectivity index (χ0v) is 7.61. The van der Waals surface area contributed by atoms with E-state index >= 15 is 0 Å². The van der Waals surface area contributed by atoms with E-state index in [1.54, 1.807) is 0 Å². The molecule has 1 atom stereocenters. The summed E-state index contributed by atoms with van der Waals surface area (Å²) in [5.74, 6) is -0.877. The number of rotatable bonds is 3. The summed E-state index contributed by atoms with van der Waals surface area (Å²) in [5, 5.41) is 31.4. The number of hydrogen-bond acceptors (Lipinski definition) is 5. The molecular formula is C6H14O5S. The Hall–Kier alpha value is -0.300. The Balaban J connectivity index is 0. The lowest BCUT2D eigenvalue weighted by molar-refractivity contribution is -0.136. The number of aliphatic hydroxyl groups excluding tert-OH is 3. The van der Waals surface area contributed by atoms with E-state index in [9.17, 15) is 4.79 Å². The van der Waals surface area contributed by atoms with Gasteiger partial charge in [0.15, 0.2) is 0 Å². The number of aliphatic carboxylic acids is 1. The second-order valence-corrected chi connectivity index (χ2v) is 2.81. The molecule has 0 aromatic heterocycles. The minimum atomic E-state index is -0.954. The van der Waals surface area contributed by atoms with Crippen LogP contribution in [0.1, 0.15) is 6.92 Å². The Labute approximate surface area is 76.1 Å². The van der Waals surface area contributed by atoms with E-state index in [4.69, 9.17) is 20.4 Å². The van der Waals surface area contributed by atoms with Gasteiger partial charge in [0.2, 0.25) is 0 Å². The first-order valence-corrected chi connectivity index (χ1v) is 3.78. The topological polar surface area (TPSA) is 98.0 Å².